The Morgan fingerprint density at radius 1 is 1.44 bits per heavy atom. The Labute approximate surface area is 111 Å². The zero-order valence-electron chi connectivity index (χ0n) is 10.2. The van der Waals surface area contributed by atoms with Gasteiger partial charge in [-0.25, -0.2) is 0 Å². The van der Waals surface area contributed by atoms with Gasteiger partial charge in [-0.15, -0.1) is 0 Å². The van der Waals surface area contributed by atoms with Crippen LogP contribution in [0.25, 0.3) is 0 Å². The van der Waals surface area contributed by atoms with Crippen LogP contribution in [-0.2, 0) is 6.42 Å². The largest absolute Gasteiger partial charge is 0.496 e. The summed E-state index contributed by atoms with van der Waals surface area (Å²) in [5.74, 6) is 1.89. The maximum atomic E-state index is 5.37. The normalized spacial score (nSPS) is 14.7. The van der Waals surface area contributed by atoms with E-state index in [9.17, 15) is 0 Å². The molecule has 1 heterocycles. The van der Waals surface area contributed by atoms with Crippen LogP contribution in [0.5, 0.6) is 5.75 Å². The topological polar surface area (TPSA) is 42.8 Å². The van der Waals surface area contributed by atoms with Crippen LogP contribution in [0.15, 0.2) is 24.3 Å². The van der Waals surface area contributed by atoms with Crippen molar-refractivity contribution in [2.45, 2.75) is 25.3 Å². The quantitative estimate of drug-likeness (QED) is 0.861. The second kappa shape index (κ2) is 4.57. The molecule has 4 nitrogen and oxygen atoms in total. The first-order chi connectivity index (χ1) is 8.79. The molecule has 2 aromatic rings. The lowest BCUT2D eigenvalue weighted by Gasteiger charge is -2.08. The van der Waals surface area contributed by atoms with E-state index in [4.69, 9.17) is 17.0 Å². The van der Waals surface area contributed by atoms with Crippen LogP contribution in [0.3, 0.4) is 0 Å². The molecule has 3 rings (SSSR count). The summed E-state index contributed by atoms with van der Waals surface area (Å²) in [6.45, 7) is 0. The number of ether oxygens (including phenoxy) is 1. The number of methoxy groups -OCH3 is 1. The molecule has 1 aliphatic carbocycles. The van der Waals surface area contributed by atoms with Crippen LogP contribution >= 0.6 is 12.2 Å². The van der Waals surface area contributed by atoms with Crippen LogP contribution in [0.1, 0.15) is 30.3 Å². The lowest BCUT2D eigenvalue weighted by molar-refractivity contribution is 0.410. The Morgan fingerprint density at radius 2 is 2.22 bits per heavy atom. The van der Waals surface area contributed by atoms with Crippen molar-refractivity contribution in [1.82, 2.24) is 14.8 Å². The molecule has 0 bridgehead atoms. The van der Waals surface area contributed by atoms with E-state index in [1.165, 1.54) is 12.8 Å². The number of nitrogens with zero attached hydrogens (tertiary/aromatic N) is 2. The number of aromatic amines is 1. The van der Waals surface area contributed by atoms with Crippen molar-refractivity contribution in [2.75, 3.05) is 7.11 Å². The molecule has 1 N–H and O–H groups in total. The first-order valence-corrected chi connectivity index (χ1v) is 6.48. The summed E-state index contributed by atoms with van der Waals surface area (Å²) >= 11 is 5.28. The van der Waals surface area contributed by atoms with E-state index < -0.39 is 0 Å². The third-order valence-corrected chi connectivity index (χ3v) is 3.52. The summed E-state index contributed by atoms with van der Waals surface area (Å²) in [4.78, 5) is 0. The fourth-order valence-corrected chi connectivity index (χ4v) is 2.49. The molecule has 0 atom stereocenters. The predicted octanol–water partition coefficient (Wildman–Crippen LogP) is 2.87. The average molecular weight is 261 g/mol. The Hall–Kier alpha value is -1.62. The molecule has 0 unspecified atom stereocenters. The van der Waals surface area contributed by atoms with Gasteiger partial charge >= 0.3 is 0 Å². The molecule has 1 fully saturated rings. The molecule has 0 amide bonds. The van der Waals surface area contributed by atoms with E-state index in [2.05, 4.69) is 20.8 Å². The third-order valence-electron chi connectivity index (χ3n) is 3.23. The number of para-hydroxylation sites is 1. The van der Waals surface area contributed by atoms with E-state index in [0.717, 1.165) is 28.3 Å². The molecule has 0 saturated heterocycles. The summed E-state index contributed by atoms with van der Waals surface area (Å²) < 4.78 is 8.23. The Balaban J connectivity index is 1.95. The van der Waals surface area contributed by atoms with Gasteiger partial charge < -0.3 is 9.30 Å². The second-order valence-corrected chi connectivity index (χ2v) is 4.92. The number of hydrogen-bond donors (Lipinski definition) is 1. The first kappa shape index (κ1) is 11.5. The molecule has 1 saturated carbocycles. The van der Waals surface area contributed by atoms with Crippen molar-refractivity contribution in [3.63, 3.8) is 0 Å². The lowest BCUT2D eigenvalue weighted by Crippen LogP contribution is -2.03. The van der Waals surface area contributed by atoms with E-state index in [0.29, 0.717) is 6.04 Å². The summed E-state index contributed by atoms with van der Waals surface area (Å²) in [5.41, 5.74) is 1.14. The lowest BCUT2D eigenvalue weighted by atomic mass is 10.1. The highest BCUT2D eigenvalue weighted by molar-refractivity contribution is 7.71. The van der Waals surface area contributed by atoms with Gasteiger partial charge in [0.15, 0.2) is 4.77 Å². The molecule has 0 spiro atoms. The van der Waals surface area contributed by atoms with Crippen molar-refractivity contribution in [2.24, 2.45) is 0 Å². The molecule has 94 valence electrons. The highest BCUT2D eigenvalue weighted by atomic mass is 32.1. The van der Waals surface area contributed by atoms with Crippen LogP contribution in [0.4, 0.5) is 0 Å². The monoisotopic (exact) mass is 261 g/mol. The highest BCUT2D eigenvalue weighted by Gasteiger charge is 2.27. The van der Waals surface area contributed by atoms with Crippen LogP contribution in [0.2, 0.25) is 0 Å². The van der Waals surface area contributed by atoms with Crippen LogP contribution in [0, 0.1) is 4.77 Å². The third kappa shape index (κ3) is 2.06. The van der Waals surface area contributed by atoms with Gasteiger partial charge in [-0.2, -0.15) is 5.10 Å². The van der Waals surface area contributed by atoms with Crippen molar-refractivity contribution in [1.29, 1.82) is 0 Å². The molecular formula is C13H15N3OS. The van der Waals surface area contributed by atoms with Gasteiger partial charge in [0.25, 0.3) is 0 Å². The Kier molecular flexibility index (Phi) is 2.91. The number of hydrogen-bond acceptors (Lipinski definition) is 3. The van der Waals surface area contributed by atoms with Gasteiger partial charge in [0.2, 0.25) is 0 Å². The minimum atomic E-state index is 0.543. The van der Waals surface area contributed by atoms with Crippen molar-refractivity contribution in [3.05, 3.63) is 40.4 Å². The van der Waals surface area contributed by atoms with Gasteiger partial charge in [-0.3, -0.25) is 5.10 Å². The molecule has 0 radical (unpaired) electrons. The fraction of sp³-hybridized carbons (Fsp3) is 0.385. The minimum absolute atomic E-state index is 0.543. The minimum Gasteiger partial charge on any atom is -0.496 e. The van der Waals surface area contributed by atoms with E-state index >= 15 is 0 Å². The number of nitrogens with one attached hydrogen (secondary N) is 1. The molecule has 0 aliphatic heterocycles. The SMILES string of the molecule is COc1ccccc1Cc1n[nH]c(=S)n1C1CC1. The van der Waals surface area contributed by atoms with Crippen LogP contribution < -0.4 is 4.74 Å². The Bertz CT molecular complexity index is 613. The number of aromatic nitrogens is 3. The van der Waals surface area contributed by atoms with Gasteiger partial charge in [0.1, 0.15) is 11.6 Å². The Morgan fingerprint density at radius 3 is 2.94 bits per heavy atom. The van der Waals surface area contributed by atoms with Crippen molar-refractivity contribution in [3.8, 4) is 5.75 Å². The van der Waals surface area contributed by atoms with Crippen molar-refractivity contribution >= 4 is 12.2 Å². The van der Waals surface area contributed by atoms with E-state index in [-0.39, 0.29) is 0 Å². The number of H-pyrrole nitrogens is 1. The zero-order chi connectivity index (χ0) is 12.5. The summed E-state index contributed by atoms with van der Waals surface area (Å²) in [6.07, 6.45) is 3.15. The zero-order valence-corrected chi connectivity index (χ0v) is 11.0. The first-order valence-electron chi connectivity index (χ1n) is 6.07. The average Bonchev–Trinajstić information content (AvgIpc) is 3.16. The summed E-state index contributed by atoms with van der Waals surface area (Å²) in [7, 11) is 1.69. The molecule has 18 heavy (non-hydrogen) atoms. The van der Waals surface area contributed by atoms with Gasteiger partial charge in [0, 0.05) is 18.0 Å². The maximum Gasteiger partial charge on any atom is 0.195 e. The predicted molar refractivity (Wildman–Crippen MR) is 71.5 cm³/mol. The highest BCUT2D eigenvalue weighted by Crippen LogP contribution is 2.36. The molecule has 5 heteroatoms. The summed E-state index contributed by atoms with van der Waals surface area (Å²) in [5, 5.41) is 7.23. The molecule has 1 aromatic carbocycles. The van der Waals surface area contributed by atoms with Gasteiger partial charge in [-0.05, 0) is 31.1 Å². The standard InChI is InChI=1S/C13H15N3OS/c1-17-11-5-3-2-4-9(11)8-12-14-15-13(18)16(12)10-6-7-10/h2-5,10H,6-8H2,1H3,(H,15,18). The van der Waals surface area contributed by atoms with Crippen LogP contribution in [-0.4, -0.2) is 21.9 Å². The molecule has 1 aromatic heterocycles. The molecular weight excluding hydrogens is 246 g/mol. The smallest absolute Gasteiger partial charge is 0.195 e. The fourth-order valence-electron chi connectivity index (χ4n) is 2.19. The van der Waals surface area contributed by atoms with Crippen molar-refractivity contribution < 1.29 is 4.74 Å². The maximum absolute atomic E-state index is 5.37. The van der Waals surface area contributed by atoms with Gasteiger partial charge in [-0.1, -0.05) is 18.2 Å². The molecule has 1 aliphatic rings. The second-order valence-electron chi connectivity index (χ2n) is 4.53. The summed E-state index contributed by atoms with van der Waals surface area (Å²) in [6, 6.07) is 8.56. The number of rotatable bonds is 4. The number of benzene rings is 1. The van der Waals surface area contributed by atoms with E-state index in [1.807, 2.05) is 18.2 Å². The van der Waals surface area contributed by atoms with Gasteiger partial charge in [0.05, 0.1) is 7.11 Å². The van der Waals surface area contributed by atoms with E-state index in [1.54, 1.807) is 7.11 Å².